The van der Waals surface area contributed by atoms with E-state index >= 15 is 0 Å². The molecule has 0 bridgehead atoms. The highest BCUT2D eigenvalue weighted by atomic mass is 16.6. The fraction of sp³-hybridized carbons (Fsp3) is 0.200. The Labute approximate surface area is 140 Å². The summed E-state index contributed by atoms with van der Waals surface area (Å²) in [6.45, 7) is 4.12. The third-order valence-corrected chi connectivity index (χ3v) is 4.81. The number of esters is 1. The largest absolute Gasteiger partial charge is 0.443 e. The summed E-state index contributed by atoms with van der Waals surface area (Å²) in [5.41, 5.74) is 1.22. The molecule has 1 spiro atoms. The summed E-state index contributed by atoms with van der Waals surface area (Å²) in [5.74, 6) is -0.856. The maximum absolute atomic E-state index is 13.3. The molecule has 2 aromatic rings. The highest BCUT2D eigenvalue weighted by molar-refractivity contribution is 6.10. The maximum Gasteiger partial charge on any atom is 0.308 e. The summed E-state index contributed by atoms with van der Waals surface area (Å²) in [7, 11) is 0. The van der Waals surface area contributed by atoms with Crippen molar-refractivity contribution in [1.82, 2.24) is 0 Å². The first kappa shape index (κ1) is 14.7. The van der Waals surface area contributed by atoms with Crippen molar-refractivity contribution in [3.8, 4) is 0 Å². The van der Waals surface area contributed by atoms with Crippen molar-refractivity contribution < 1.29 is 14.3 Å². The second kappa shape index (κ2) is 5.34. The van der Waals surface area contributed by atoms with Gasteiger partial charge < -0.3 is 9.64 Å². The summed E-state index contributed by atoms with van der Waals surface area (Å²) in [6.07, 6.45) is 1.88. The molecule has 1 amide bonds. The van der Waals surface area contributed by atoms with E-state index in [1.165, 1.54) is 0 Å². The van der Waals surface area contributed by atoms with Crippen LogP contribution in [0.1, 0.15) is 23.5 Å². The minimum absolute atomic E-state index is 0.191. The van der Waals surface area contributed by atoms with Gasteiger partial charge in [-0.3, -0.25) is 9.59 Å². The van der Waals surface area contributed by atoms with E-state index < -0.39 is 5.60 Å². The van der Waals surface area contributed by atoms with Gasteiger partial charge in [-0.05, 0) is 11.6 Å². The van der Waals surface area contributed by atoms with Gasteiger partial charge >= 0.3 is 5.97 Å². The highest BCUT2D eigenvalue weighted by Crippen LogP contribution is 2.55. The quantitative estimate of drug-likeness (QED) is 0.645. The second-order valence-electron chi connectivity index (χ2n) is 6.10. The molecule has 2 atom stereocenters. The van der Waals surface area contributed by atoms with Gasteiger partial charge in [0.05, 0.1) is 12.1 Å². The minimum Gasteiger partial charge on any atom is -0.443 e. The van der Waals surface area contributed by atoms with Crippen molar-refractivity contribution in [2.75, 3.05) is 11.4 Å². The van der Waals surface area contributed by atoms with Gasteiger partial charge in [-0.25, -0.2) is 0 Å². The lowest BCUT2D eigenvalue weighted by Crippen LogP contribution is -2.43. The lowest BCUT2D eigenvalue weighted by atomic mass is 9.78. The molecular weight excluding hydrogens is 302 g/mol. The molecule has 0 saturated carbocycles. The second-order valence-corrected chi connectivity index (χ2v) is 6.10. The lowest BCUT2D eigenvalue weighted by Gasteiger charge is -2.28. The monoisotopic (exact) mass is 319 g/mol. The molecule has 0 aliphatic carbocycles. The molecule has 24 heavy (non-hydrogen) atoms. The molecule has 4 nitrogen and oxygen atoms in total. The average Bonchev–Trinajstić information content (AvgIpc) is 3.08. The Hall–Kier alpha value is -2.88. The van der Waals surface area contributed by atoms with Crippen molar-refractivity contribution in [1.29, 1.82) is 0 Å². The van der Waals surface area contributed by atoms with Crippen molar-refractivity contribution in [2.24, 2.45) is 0 Å². The first-order valence-corrected chi connectivity index (χ1v) is 7.97. The number of hydrogen-bond acceptors (Lipinski definition) is 3. The Kier molecular flexibility index (Phi) is 3.27. The van der Waals surface area contributed by atoms with Crippen LogP contribution in [-0.4, -0.2) is 18.4 Å². The number of benzene rings is 2. The van der Waals surface area contributed by atoms with Crippen LogP contribution in [0.3, 0.4) is 0 Å². The van der Waals surface area contributed by atoms with Crippen LogP contribution in [-0.2, 0) is 19.9 Å². The zero-order valence-electron chi connectivity index (χ0n) is 13.1. The Morgan fingerprint density at radius 3 is 2.58 bits per heavy atom. The molecule has 2 heterocycles. The van der Waals surface area contributed by atoms with Crippen LogP contribution in [0.25, 0.3) is 0 Å². The van der Waals surface area contributed by atoms with Crippen molar-refractivity contribution in [3.63, 3.8) is 0 Å². The molecule has 0 radical (unpaired) electrons. The molecular formula is C20H17NO3. The SMILES string of the molecule is C=CCN1C(=O)[C@@]2(OC(=O)C[C@H]2c2ccccc2)c2ccccc21. The third kappa shape index (κ3) is 1.86. The number of para-hydroxylation sites is 1. The molecule has 4 rings (SSSR count). The van der Waals surface area contributed by atoms with Gasteiger partial charge in [0, 0.05) is 18.0 Å². The van der Waals surface area contributed by atoms with E-state index in [-0.39, 0.29) is 24.2 Å². The number of carbonyl (C=O) groups is 2. The Bertz CT molecular complexity index is 830. The maximum atomic E-state index is 13.3. The molecule has 1 fully saturated rings. The van der Waals surface area contributed by atoms with E-state index in [4.69, 9.17) is 4.74 Å². The number of fused-ring (bicyclic) bond motifs is 2. The lowest BCUT2D eigenvalue weighted by molar-refractivity contribution is -0.157. The molecule has 2 aromatic carbocycles. The van der Waals surface area contributed by atoms with Crippen molar-refractivity contribution >= 4 is 17.6 Å². The average molecular weight is 319 g/mol. The molecule has 4 heteroatoms. The molecule has 2 aliphatic rings. The minimum atomic E-state index is -1.27. The third-order valence-electron chi connectivity index (χ3n) is 4.81. The molecule has 120 valence electrons. The summed E-state index contributed by atoms with van der Waals surface area (Å²) in [6, 6.07) is 17.2. The van der Waals surface area contributed by atoms with Gasteiger partial charge in [0.2, 0.25) is 5.60 Å². The predicted octanol–water partition coefficient (Wildman–Crippen LogP) is 3.15. The number of carbonyl (C=O) groups excluding carboxylic acids is 2. The number of ether oxygens (including phenoxy) is 1. The van der Waals surface area contributed by atoms with E-state index in [2.05, 4.69) is 6.58 Å². The number of rotatable bonds is 3. The van der Waals surface area contributed by atoms with Gasteiger partial charge in [-0.2, -0.15) is 0 Å². The number of nitrogens with zero attached hydrogens (tertiary/aromatic N) is 1. The van der Waals surface area contributed by atoms with E-state index in [9.17, 15) is 9.59 Å². The molecule has 0 N–H and O–H groups in total. The molecule has 0 unspecified atom stereocenters. The Balaban J connectivity index is 1.93. The number of hydrogen-bond donors (Lipinski definition) is 0. The Morgan fingerprint density at radius 1 is 1.12 bits per heavy atom. The van der Waals surface area contributed by atoms with Crippen LogP contribution in [0, 0.1) is 0 Å². The van der Waals surface area contributed by atoms with Gasteiger partial charge in [0.1, 0.15) is 0 Å². The van der Waals surface area contributed by atoms with Gasteiger partial charge in [-0.1, -0.05) is 54.6 Å². The van der Waals surface area contributed by atoms with Gasteiger partial charge in [0.15, 0.2) is 0 Å². The predicted molar refractivity (Wildman–Crippen MR) is 90.6 cm³/mol. The van der Waals surface area contributed by atoms with E-state index in [0.29, 0.717) is 6.54 Å². The summed E-state index contributed by atoms with van der Waals surface area (Å²) in [5, 5.41) is 0. The molecule has 2 aliphatic heterocycles. The molecule has 0 aromatic heterocycles. The smallest absolute Gasteiger partial charge is 0.308 e. The summed E-state index contributed by atoms with van der Waals surface area (Å²) >= 11 is 0. The fourth-order valence-electron chi connectivity index (χ4n) is 3.83. The Morgan fingerprint density at radius 2 is 1.83 bits per heavy atom. The fourth-order valence-corrected chi connectivity index (χ4v) is 3.83. The first-order valence-electron chi connectivity index (χ1n) is 7.97. The summed E-state index contributed by atoms with van der Waals surface area (Å²) < 4.78 is 5.73. The van der Waals surface area contributed by atoms with Crippen LogP contribution < -0.4 is 4.90 Å². The van der Waals surface area contributed by atoms with Crippen LogP contribution in [0.5, 0.6) is 0 Å². The first-order chi connectivity index (χ1) is 11.7. The van der Waals surface area contributed by atoms with Gasteiger partial charge in [-0.15, -0.1) is 6.58 Å². The number of anilines is 1. The zero-order valence-corrected chi connectivity index (χ0v) is 13.1. The van der Waals surface area contributed by atoms with Crippen LogP contribution in [0.4, 0.5) is 5.69 Å². The van der Waals surface area contributed by atoms with Crippen molar-refractivity contribution in [2.45, 2.75) is 17.9 Å². The van der Waals surface area contributed by atoms with E-state index in [1.807, 2.05) is 54.6 Å². The van der Waals surface area contributed by atoms with Crippen LogP contribution >= 0.6 is 0 Å². The van der Waals surface area contributed by atoms with E-state index in [0.717, 1.165) is 16.8 Å². The van der Waals surface area contributed by atoms with Crippen LogP contribution in [0.2, 0.25) is 0 Å². The van der Waals surface area contributed by atoms with Crippen LogP contribution in [0.15, 0.2) is 67.3 Å². The van der Waals surface area contributed by atoms with Crippen molar-refractivity contribution in [3.05, 3.63) is 78.4 Å². The topological polar surface area (TPSA) is 46.6 Å². The molecule has 1 saturated heterocycles. The van der Waals surface area contributed by atoms with E-state index in [1.54, 1.807) is 11.0 Å². The standard InChI is InChI=1S/C20H17NO3/c1-2-12-21-17-11-7-6-10-15(17)20(19(21)23)16(13-18(22)24-20)14-8-4-3-5-9-14/h2-11,16H,1,12-13H2/t16-,20+/m0/s1. The van der Waals surface area contributed by atoms with Gasteiger partial charge in [0.25, 0.3) is 5.91 Å². The summed E-state index contributed by atoms with van der Waals surface area (Å²) in [4.78, 5) is 27.2. The normalized spacial score (nSPS) is 25.0. The zero-order chi connectivity index (χ0) is 16.7. The number of amides is 1. The highest BCUT2D eigenvalue weighted by Gasteiger charge is 2.62.